The molecule has 0 saturated heterocycles. The Morgan fingerprint density at radius 2 is 1.75 bits per heavy atom. The maximum Gasteiger partial charge on any atom is 0.187 e. The van der Waals surface area contributed by atoms with Gasteiger partial charge in [-0.1, -0.05) is 60.7 Å². The van der Waals surface area contributed by atoms with Crippen molar-refractivity contribution in [2.45, 2.75) is 10.1 Å². The van der Waals surface area contributed by atoms with Gasteiger partial charge in [-0.15, -0.1) is 0 Å². The summed E-state index contributed by atoms with van der Waals surface area (Å²) in [4.78, 5) is 15.5. The third-order valence-electron chi connectivity index (χ3n) is 3.94. The average molecular weight is 334 g/mol. The molecule has 1 atom stereocenters. The number of allylic oxidation sites excluding steroid dienone is 1. The summed E-state index contributed by atoms with van der Waals surface area (Å²) in [6.45, 7) is 0. The Kier molecular flexibility index (Phi) is 3.59. The zero-order chi connectivity index (χ0) is 16.6. The highest BCUT2D eigenvalue weighted by Gasteiger charge is 2.44. The molecule has 0 bridgehead atoms. The molecular weight excluding hydrogens is 320 g/mol. The van der Waals surface area contributed by atoms with E-state index in [1.54, 1.807) is 29.1 Å². The van der Waals surface area contributed by atoms with Gasteiger partial charge in [0.25, 0.3) is 0 Å². The number of nitrogens with zero attached hydrogens (tertiary/aromatic N) is 2. The normalized spacial score (nSPS) is 21.0. The van der Waals surface area contributed by atoms with Crippen molar-refractivity contribution in [1.29, 1.82) is 0 Å². The van der Waals surface area contributed by atoms with Crippen LogP contribution in [0, 0.1) is 0 Å². The molecule has 1 unspecified atom stereocenters. The van der Waals surface area contributed by atoms with Gasteiger partial charge in [-0.25, -0.2) is 4.98 Å². The van der Waals surface area contributed by atoms with Crippen molar-refractivity contribution in [2.75, 3.05) is 0 Å². The van der Waals surface area contributed by atoms with Crippen LogP contribution in [0.4, 0.5) is 0 Å². The van der Waals surface area contributed by atoms with Crippen molar-refractivity contribution >= 4 is 23.2 Å². The summed E-state index contributed by atoms with van der Waals surface area (Å²) in [6, 6.07) is 18.4. The maximum atomic E-state index is 12.6. The minimum absolute atomic E-state index is 0.151. The predicted octanol–water partition coefficient (Wildman–Crippen LogP) is 3.56. The lowest BCUT2D eigenvalue weighted by Crippen LogP contribution is -2.22. The molecule has 3 aromatic rings. The number of thioether (sulfide) groups is 1. The Hall–Kier alpha value is -2.63. The summed E-state index contributed by atoms with van der Waals surface area (Å²) >= 11 is 1.23. The zero-order valence-electron chi connectivity index (χ0n) is 12.7. The van der Waals surface area contributed by atoms with Gasteiger partial charge >= 0.3 is 0 Å². The van der Waals surface area contributed by atoms with Crippen LogP contribution < -0.4 is 0 Å². The number of hydrogen-bond donors (Lipinski definition) is 1. The van der Waals surface area contributed by atoms with Gasteiger partial charge in [-0.3, -0.25) is 9.36 Å². The number of ketones is 1. The Morgan fingerprint density at radius 3 is 2.46 bits per heavy atom. The van der Waals surface area contributed by atoms with E-state index in [0.717, 1.165) is 0 Å². The number of benzene rings is 2. The quantitative estimate of drug-likeness (QED) is 0.588. The summed E-state index contributed by atoms with van der Waals surface area (Å²) in [5.74, 6) is -0.151. The summed E-state index contributed by atoms with van der Waals surface area (Å²) in [6.07, 6.45) is 4.91. The number of rotatable bonds is 3. The van der Waals surface area contributed by atoms with Crippen LogP contribution in [-0.4, -0.2) is 20.4 Å². The number of hydrogen-bond acceptors (Lipinski definition) is 4. The maximum absolute atomic E-state index is 12.6. The molecule has 2 heterocycles. The van der Waals surface area contributed by atoms with Gasteiger partial charge in [-0.05, 0) is 11.8 Å². The Balaban J connectivity index is 1.83. The average Bonchev–Trinajstić information content (AvgIpc) is 3.17. The number of aliphatic hydroxyl groups is 1. The first-order valence-electron chi connectivity index (χ1n) is 7.51. The molecule has 4 rings (SSSR count). The molecular formula is C19H14N2O2S. The van der Waals surface area contributed by atoms with Crippen molar-refractivity contribution in [2.24, 2.45) is 0 Å². The first-order chi connectivity index (χ1) is 11.7. The molecule has 1 aliphatic rings. The summed E-state index contributed by atoms with van der Waals surface area (Å²) in [5, 5.41) is 12.0. The molecule has 24 heavy (non-hydrogen) atoms. The van der Waals surface area contributed by atoms with Gasteiger partial charge in [0.15, 0.2) is 15.9 Å². The molecule has 0 saturated carbocycles. The number of fused-ring (bicyclic) bond motifs is 1. The van der Waals surface area contributed by atoms with E-state index in [1.807, 2.05) is 48.5 Å². The molecule has 0 fully saturated rings. The van der Waals surface area contributed by atoms with Crippen LogP contribution in [0.1, 0.15) is 15.9 Å². The molecule has 0 spiro atoms. The summed E-state index contributed by atoms with van der Waals surface area (Å²) in [7, 11) is 0. The molecule has 0 amide bonds. The van der Waals surface area contributed by atoms with Crippen LogP contribution in [0.3, 0.4) is 0 Å². The van der Waals surface area contributed by atoms with E-state index in [0.29, 0.717) is 22.0 Å². The van der Waals surface area contributed by atoms with Gasteiger partial charge in [-0.2, -0.15) is 0 Å². The smallest absolute Gasteiger partial charge is 0.187 e. The topological polar surface area (TPSA) is 55.1 Å². The second kappa shape index (κ2) is 5.78. The summed E-state index contributed by atoms with van der Waals surface area (Å²) in [5.41, 5.74) is 1.80. The lowest BCUT2D eigenvalue weighted by molar-refractivity contribution is 0.104. The minimum Gasteiger partial charge on any atom is -0.370 e. The van der Waals surface area contributed by atoms with E-state index >= 15 is 0 Å². The molecule has 0 aliphatic carbocycles. The SMILES string of the molecule is O=C(/C=C1\n2ccnc2SC1(O)c1ccccc1)c1ccccc1. The van der Waals surface area contributed by atoms with Gasteiger partial charge in [0, 0.05) is 29.6 Å². The van der Waals surface area contributed by atoms with E-state index in [-0.39, 0.29) is 5.78 Å². The highest BCUT2D eigenvalue weighted by atomic mass is 32.2. The van der Waals surface area contributed by atoms with Crippen molar-refractivity contribution in [3.8, 4) is 0 Å². The van der Waals surface area contributed by atoms with E-state index in [1.165, 1.54) is 17.8 Å². The molecule has 2 aromatic carbocycles. The Morgan fingerprint density at radius 1 is 1.08 bits per heavy atom. The third-order valence-corrected chi connectivity index (χ3v) is 5.17. The van der Waals surface area contributed by atoms with Crippen molar-refractivity contribution in [1.82, 2.24) is 9.55 Å². The largest absolute Gasteiger partial charge is 0.370 e. The van der Waals surface area contributed by atoms with E-state index in [2.05, 4.69) is 4.98 Å². The van der Waals surface area contributed by atoms with Crippen molar-refractivity contribution in [3.05, 3.63) is 90.3 Å². The van der Waals surface area contributed by atoms with E-state index in [4.69, 9.17) is 0 Å². The highest BCUT2D eigenvalue weighted by molar-refractivity contribution is 8.00. The van der Waals surface area contributed by atoms with E-state index in [9.17, 15) is 9.90 Å². The molecule has 5 heteroatoms. The second-order valence-electron chi connectivity index (χ2n) is 5.45. The standard InChI is InChI=1S/C19H14N2O2S/c22-16(14-7-3-1-4-8-14)13-17-19(23,15-9-5-2-6-10-15)24-18-20-11-12-21(17)18/h1-13,23H/b17-13-. The number of imidazole rings is 1. The van der Waals surface area contributed by atoms with Gasteiger partial charge in [0.2, 0.25) is 0 Å². The molecule has 1 N–H and O–H groups in total. The van der Waals surface area contributed by atoms with Crippen LogP contribution in [0.2, 0.25) is 0 Å². The van der Waals surface area contributed by atoms with Crippen LogP contribution in [-0.2, 0) is 4.93 Å². The number of aromatic nitrogens is 2. The molecule has 4 nitrogen and oxygen atoms in total. The number of carbonyl (C=O) groups is 1. The third kappa shape index (κ3) is 2.38. The zero-order valence-corrected chi connectivity index (χ0v) is 13.5. The number of carbonyl (C=O) groups excluding carboxylic acids is 1. The van der Waals surface area contributed by atoms with Crippen LogP contribution in [0.25, 0.3) is 5.70 Å². The first-order valence-corrected chi connectivity index (χ1v) is 8.32. The molecule has 1 aliphatic heterocycles. The first kappa shape index (κ1) is 14.9. The Bertz CT molecular complexity index is 919. The van der Waals surface area contributed by atoms with E-state index < -0.39 is 4.93 Å². The molecule has 1 aromatic heterocycles. The molecule has 118 valence electrons. The fourth-order valence-electron chi connectivity index (χ4n) is 2.74. The lowest BCUT2D eigenvalue weighted by atomic mass is 10.0. The fraction of sp³-hybridized carbons (Fsp3) is 0.0526. The van der Waals surface area contributed by atoms with Crippen molar-refractivity contribution in [3.63, 3.8) is 0 Å². The van der Waals surface area contributed by atoms with Crippen LogP contribution in [0.15, 0.2) is 84.3 Å². The highest BCUT2D eigenvalue weighted by Crippen LogP contribution is 2.52. The van der Waals surface area contributed by atoms with Crippen molar-refractivity contribution < 1.29 is 9.90 Å². The monoisotopic (exact) mass is 334 g/mol. The van der Waals surface area contributed by atoms with Gasteiger partial charge in [0.05, 0.1) is 5.70 Å². The fourth-order valence-corrected chi connectivity index (χ4v) is 3.90. The summed E-state index contributed by atoms with van der Waals surface area (Å²) < 4.78 is 1.76. The van der Waals surface area contributed by atoms with Crippen LogP contribution in [0.5, 0.6) is 0 Å². The van der Waals surface area contributed by atoms with Crippen LogP contribution >= 0.6 is 11.8 Å². The minimum atomic E-state index is -1.34. The lowest BCUT2D eigenvalue weighted by Gasteiger charge is -2.23. The van der Waals surface area contributed by atoms with Gasteiger partial charge < -0.3 is 5.11 Å². The second-order valence-corrected chi connectivity index (χ2v) is 6.61. The van der Waals surface area contributed by atoms with Gasteiger partial charge in [0.1, 0.15) is 0 Å². The Labute approximate surface area is 143 Å². The predicted molar refractivity (Wildman–Crippen MR) is 93.5 cm³/mol. The molecule has 0 radical (unpaired) electrons.